The molecule has 21 heavy (non-hydrogen) atoms. The first-order valence-electron chi connectivity index (χ1n) is 7.36. The predicted octanol–water partition coefficient (Wildman–Crippen LogP) is 5.35. The fraction of sp³-hybridized carbons (Fsp3) is 0.333. The topological polar surface area (TPSA) is 3.24 Å². The molecule has 2 aromatic rings. The van der Waals surface area contributed by atoms with E-state index < -0.39 is 0 Å². The van der Waals surface area contributed by atoms with Crippen LogP contribution in [-0.4, -0.2) is 17.5 Å². The lowest BCUT2D eigenvalue weighted by atomic mass is 9.87. The van der Waals surface area contributed by atoms with Crippen molar-refractivity contribution in [1.29, 1.82) is 0 Å². The molecule has 0 aliphatic carbocycles. The molecule has 0 aromatic heterocycles. The third-order valence-corrected chi connectivity index (χ3v) is 4.73. The second kappa shape index (κ2) is 6.00. The SMILES string of the molecule is CC(C)N1CCc2cc(Cl)cc(Cl)c2C1c1ccccc1. The number of fused-ring (bicyclic) bond motifs is 1. The van der Waals surface area contributed by atoms with Crippen molar-refractivity contribution in [3.05, 3.63) is 69.2 Å². The number of hydrogen-bond donors (Lipinski definition) is 0. The van der Waals surface area contributed by atoms with Crippen molar-refractivity contribution in [2.45, 2.75) is 32.4 Å². The van der Waals surface area contributed by atoms with Gasteiger partial charge < -0.3 is 0 Å². The minimum atomic E-state index is 0.208. The summed E-state index contributed by atoms with van der Waals surface area (Å²) in [5, 5.41) is 1.50. The zero-order valence-corrected chi connectivity index (χ0v) is 13.8. The molecule has 110 valence electrons. The van der Waals surface area contributed by atoms with Crippen molar-refractivity contribution in [1.82, 2.24) is 4.90 Å². The molecule has 1 aliphatic rings. The van der Waals surface area contributed by atoms with Crippen LogP contribution >= 0.6 is 23.2 Å². The first-order valence-corrected chi connectivity index (χ1v) is 8.12. The van der Waals surface area contributed by atoms with Crippen LogP contribution in [0.3, 0.4) is 0 Å². The molecule has 2 aromatic carbocycles. The van der Waals surface area contributed by atoms with E-state index in [4.69, 9.17) is 23.2 Å². The van der Waals surface area contributed by atoms with E-state index in [0.717, 1.165) is 23.0 Å². The Kier molecular flexibility index (Phi) is 4.26. The van der Waals surface area contributed by atoms with E-state index in [-0.39, 0.29) is 6.04 Å². The van der Waals surface area contributed by atoms with E-state index in [1.807, 2.05) is 6.07 Å². The van der Waals surface area contributed by atoms with Gasteiger partial charge in [0.05, 0.1) is 6.04 Å². The summed E-state index contributed by atoms with van der Waals surface area (Å²) in [4.78, 5) is 2.51. The fourth-order valence-electron chi connectivity index (χ4n) is 3.25. The second-order valence-electron chi connectivity index (χ2n) is 5.86. The van der Waals surface area contributed by atoms with Crippen LogP contribution in [0.2, 0.25) is 10.0 Å². The Morgan fingerprint density at radius 3 is 2.48 bits per heavy atom. The van der Waals surface area contributed by atoms with E-state index >= 15 is 0 Å². The summed E-state index contributed by atoms with van der Waals surface area (Å²) in [6, 6.07) is 15.2. The molecule has 0 saturated heterocycles. The Labute approximate surface area is 136 Å². The van der Waals surface area contributed by atoms with Crippen molar-refractivity contribution in [2.24, 2.45) is 0 Å². The molecule has 0 amide bonds. The van der Waals surface area contributed by atoms with Gasteiger partial charge in [0.25, 0.3) is 0 Å². The van der Waals surface area contributed by atoms with Crippen molar-refractivity contribution in [3.8, 4) is 0 Å². The van der Waals surface area contributed by atoms with Crippen LogP contribution in [0.5, 0.6) is 0 Å². The molecule has 1 aliphatic heterocycles. The van der Waals surface area contributed by atoms with Crippen LogP contribution in [0.1, 0.15) is 36.6 Å². The van der Waals surface area contributed by atoms with Gasteiger partial charge in [-0.15, -0.1) is 0 Å². The maximum absolute atomic E-state index is 6.55. The molecule has 0 radical (unpaired) electrons. The second-order valence-corrected chi connectivity index (χ2v) is 6.70. The van der Waals surface area contributed by atoms with Crippen LogP contribution in [0.25, 0.3) is 0 Å². The average molecular weight is 320 g/mol. The van der Waals surface area contributed by atoms with Gasteiger partial charge in [0, 0.05) is 22.6 Å². The lowest BCUT2D eigenvalue weighted by molar-refractivity contribution is 0.167. The van der Waals surface area contributed by atoms with E-state index in [9.17, 15) is 0 Å². The zero-order chi connectivity index (χ0) is 15.0. The highest BCUT2D eigenvalue weighted by Crippen LogP contribution is 2.41. The quantitative estimate of drug-likeness (QED) is 0.721. The van der Waals surface area contributed by atoms with E-state index in [1.165, 1.54) is 16.7 Å². The maximum atomic E-state index is 6.55. The number of hydrogen-bond acceptors (Lipinski definition) is 1. The number of benzene rings is 2. The highest BCUT2D eigenvalue weighted by molar-refractivity contribution is 6.35. The molecule has 1 atom stereocenters. The van der Waals surface area contributed by atoms with Gasteiger partial charge in [0.1, 0.15) is 0 Å². The van der Waals surface area contributed by atoms with E-state index in [1.54, 1.807) is 0 Å². The monoisotopic (exact) mass is 319 g/mol. The standard InChI is InChI=1S/C18H19Cl2N/c1-12(2)21-9-8-14-10-15(19)11-16(20)17(14)18(21)13-6-4-3-5-7-13/h3-7,10-12,18H,8-9H2,1-2H3. The van der Waals surface area contributed by atoms with Gasteiger partial charge in [-0.1, -0.05) is 53.5 Å². The Bertz CT molecular complexity index is 637. The molecule has 1 heterocycles. The minimum absolute atomic E-state index is 0.208. The summed E-state index contributed by atoms with van der Waals surface area (Å²) in [6.45, 7) is 5.51. The summed E-state index contributed by atoms with van der Waals surface area (Å²) in [6.07, 6.45) is 0.997. The number of nitrogens with zero attached hydrogens (tertiary/aromatic N) is 1. The van der Waals surface area contributed by atoms with Crippen LogP contribution in [0.15, 0.2) is 42.5 Å². The summed E-state index contributed by atoms with van der Waals surface area (Å²) in [5.74, 6) is 0. The summed E-state index contributed by atoms with van der Waals surface area (Å²) in [7, 11) is 0. The summed E-state index contributed by atoms with van der Waals surface area (Å²) in [5.41, 5.74) is 3.78. The summed E-state index contributed by atoms with van der Waals surface area (Å²) >= 11 is 12.7. The normalized spacial score (nSPS) is 18.8. The van der Waals surface area contributed by atoms with Crippen molar-refractivity contribution >= 4 is 23.2 Å². The number of rotatable bonds is 2. The maximum Gasteiger partial charge on any atom is 0.0621 e. The van der Waals surface area contributed by atoms with Gasteiger partial charge in [-0.2, -0.15) is 0 Å². The molecule has 0 fully saturated rings. The predicted molar refractivity (Wildman–Crippen MR) is 90.3 cm³/mol. The smallest absolute Gasteiger partial charge is 0.0621 e. The first kappa shape index (κ1) is 14.9. The van der Waals surface area contributed by atoms with Crippen LogP contribution in [0.4, 0.5) is 0 Å². The number of halogens is 2. The first-order chi connectivity index (χ1) is 10.1. The van der Waals surface area contributed by atoms with Crippen LogP contribution < -0.4 is 0 Å². The third kappa shape index (κ3) is 2.83. The van der Waals surface area contributed by atoms with Gasteiger partial charge in [-0.25, -0.2) is 0 Å². The Morgan fingerprint density at radius 2 is 1.81 bits per heavy atom. The van der Waals surface area contributed by atoms with Gasteiger partial charge >= 0.3 is 0 Å². The third-order valence-electron chi connectivity index (χ3n) is 4.20. The van der Waals surface area contributed by atoms with Crippen LogP contribution in [0, 0.1) is 0 Å². The van der Waals surface area contributed by atoms with Crippen molar-refractivity contribution in [2.75, 3.05) is 6.54 Å². The lowest BCUT2D eigenvalue weighted by Crippen LogP contribution is -2.40. The largest absolute Gasteiger partial charge is 0.290 e. The molecular weight excluding hydrogens is 301 g/mol. The van der Waals surface area contributed by atoms with Crippen molar-refractivity contribution in [3.63, 3.8) is 0 Å². The Morgan fingerprint density at radius 1 is 1.10 bits per heavy atom. The van der Waals surface area contributed by atoms with E-state index in [0.29, 0.717) is 6.04 Å². The highest BCUT2D eigenvalue weighted by atomic mass is 35.5. The molecular formula is C18H19Cl2N. The fourth-order valence-corrected chi connectivity index (χ4v) is 3.88. The van der Waals surface area contributed by atoms with Gasteiger partial charge in [-0.05, 0) is 49.1 Å². The average Bonchev–Trinajstić information content (AvgIpc) is 2.46. The van der Waals surface area contributed by atoms with E-state index in [2.05, 4.69) is 55.1 Å². The highest BCUT2D eigenvalue weighted by Gasteiger charge is 2.32. The Balaban J connectivity index is 2.18. The lowest BCUT2D eigenvalue weighted by Gasteiger charge is -2.41. The van der Waals surface area contributed by atoms with Gasteiger partial charge in [-0.3, -0.25) is 4.90 Å². The molecule has 0 spiro atoms. The molecule has 0 N–H and O–H groups in total. The zero-order valence-electron chi connectivity index (χ0n) is 12.3. The van der Waals surface area contributed by atoms with Gasteiger partial charge in [0.15, 0.2) is 0 Å². The molecule has 1 unspecified atom stereocenters. The minimum Gasteiger partial charge on any atom is -0.290 e. The summed E-state index contributed by atoms with van der Waals surface area (Å²) < 4.78 is 0. The molecule has 0 bridgehead atoms. The van der Waals surface area contributed by atoms with Crippen molar-refractivity contribution < 1.29 is 0 Å². The molecule has 3 rings (SSSR count). The molecule has 3 heteroatoms. The molecule has 1 nitrogen and oxygen atoms in total. The van der Waals surface area contributed by atoms with Gasteiger partial charge in [0.2, 0.25) is 0 Å². The van der Waals surface area contributed by atoms with Crippen LogP contribution in [-0.2, 0) is 6.42 Å². The Hall–Kier alpha value is -1.02. The molecule has 0 saturated carbocycles.